The van der Waals surface area contributed by atoms with Crippen LogP contribution in [0.3, 0.4) is 0 Å². The van der Waals surface area contributed by atoms with Crippen LogP contribution in [0.4, 0.5) is 0 Å². The zero-order chi connectivity index (χ0) is 20.5. The molecule has 29 heavy (non-hydrogen) atoms. The number of carbonyl (C=O) groups excluding carboxylic acids is 2. The molecule has 1 fully saturated rings. The second-order valence-corrected chi connectivity index (χ2v) is 7.52. The van der Waals surface area contributed by atoms with Gasteiger partial charge in [-0.2, -0.15) is 0 Å². The van der Waals surface area contributed by atoms with Crippen LogP contribution in [0.5, 0.6) is 0 Å². The Balaban J connectivity index is 1.58. The van der Waals surface area contributed by atoms with E-state index in [2.05, 4.69) is 11.1 Å². The van der Waals surface area contributed by atoms with Gasteiger partial charge in [0, 0.05) is 36.6 Å². The third kappa shape index (κ3) is 3.66. The lowest BCUT2D eigenvalue weighted by molar-refractivity contribution is -0.140. The van der Waals surface area contributed by atoms with Crippen LogP contribution in [0.25, 0.3) is 10.9 Å². The molecule has 2 amide bonds. The Kier molecular flexibility index (Phi) is 4.92. The highest BCUT2D eigenvalue weighted by Gasteiger charge is 2.35. The number of rotatable bonds is 3. The predicted molar refractivity (Wildman–Crippen MR) is 112 cm³/mol. The molecule has 1 atom stereocenters. The zero-order valence-electron chi connectivity index (χ0n) is 16.5. The van der Waals surface area contributed by atoms with Gasteiger partial charge in [0.1, 0.15) is 6.04 Å². The van der Waals surface area contributed by atoms with E-state index in [0.717, 1.165) is 11.1 Å². The molecule has 148 valence electrons. The topological polar surface area (TPSA) is 73.5 Å². The number of hydrogen-bond acceptors (Lipinski definition) is 3. The molecule has 1 N–H and O–H groups in total. The first-order valence-corrected chi connectivity index (χ1v) is 9.71. The van der Waals surface area contributed by atoms with Crippen LogP contribution in [0.15, 0.2) is 59.4 Å². The normalized spacial score (nSPS) is 17.0. The van der Waals surface area contributed by atoms with Crippen molar-refractivity contribution in [2.75, 3.05) is 13.1 Å². The summed E-state index contributed by atoms with van der Waals surface area (Å²) in [4.78, 5) is 44.3. The molecule has 0 radical (unpaired) electrons. The van der Waals surface area contributed by atoms with Crippen molar-refractivity contribution in [1.29, 1.82) is 0 Å². The number of pyridine rings is 1. The second-order valence-electron chi connectivity index (χ2n) is 7.52. The summed E-state index contributed by atoms with van der Waals surface area (Å²) in [5.41, 5.74) is 2.84. The lowest BCUT2D eigenvalue weighted by atomic mass is 10.0. The summed E-state index contributed by atoms with van der Waals surface area (Å²) in [6, 6.07) is 16.0. The third-order valence-electron chi connectivity index (χ3n) is 5.45. The number of para-hydroxylation sites is 1. The van der Waals surface area contributed by atoms with Crippen LogP contribution in [-0.2, 0) is 11.3 Å². The quantitative estimate of drug-likeness (QED) is 0.749. The van der Waals surface area contributed by atoms with Crippen molar-refractivity contribution < 1.29 is 9.59 Å². The molecule has 1 aliphatic heterocycles. The molecule has 0 unspecified atom stereocenters. The van der Waals surface area contributed by atoms with Gasteiger partial charge in [0.05, 0.1) is 5.56 Å². The Morgan fingerprint density at radius 3 is 2.66 bits per heavy atom. The number of aromatic nitrogens is 1. The molecule has 3 aromatic rings. The summed E-state index contributed by atoms with van der Waals surface area (Å²) in [7, 11) is 0. The minimum atomic E-state index is -0.584. The first-order chi connectivity index (χ1) is 13.9. The van der Waals surface area contributed by atoms with E-state index in [-0.39, 0.29) is 17.4 Å². The van der Waals surface area contributed by atoms with Gasteiger partial charge >= 0.3 is 0 Å². The lowest BCUT2D eigenvalue weighted by Gasteiger charge is -2.39. The monoisotopic (exact) mass is 389 g/mol. The molecule has 6 heteroatoms. The van der Waals surface area contributed by atoms with Gasteiger partial charge in [0.2, 0.25) is 11.5 Å². The molecular formula is C23H23N3O3. The van der Waals surface area contributed by atoms with E-state index < -0.39 is 6.04 Å². The standard InChI is InChI=1S/C23H23N3O3/c1-15-6-5-7-17(12-15)14-25-10-11-26(16(2)22(25)28)23(29)19-13-21(27)24-20-9-4-3-8-18(19)20/h3-9,12-13,16H,10-11,14H2,1-2H3,(H,24,27)/t16-/m1/s1. The molecule has 1 saturated heterocycles. The van der Waals surface area contributed by atoms with Crippen molar-refractivity contribution in [1.82, 2.24) is 14.8 Å². The average Bonchev–Trinajstić information content (AvgIpc) is 2.70. The highest BCUT2D eigenvalue weighted by molar-refractivity contribution is 6.07. The number of piperazine rings is 1. The number of H-pyrrole nitrogens is 1. The molecule has 0 saturated carbocycles. The maximum Gasteiger partial charge on any atom is 0.255 e. The van der Waals surface area contributed by atoms with Gasteiger partial charge in [-0.15, -0.1) is 0 Å². The number of aromatic amines is 1. The van der Waals surface area contributed by atoms with Crippen LogP contribution >= 0.6 is 0 Å². The van der Waals surface area contributed by atoms with E-state index in [4.69, 9.17) is 0 Å². The molecule has 1 aromatic heterocycles. The molecule has 1 aliphatic rings. The Hall–Kier alpha value is -3.41. The van der Waals surface area contributed by atoms with Gasteiger partial charge < -0.3 is 14.8 Å². The SMILES string of the molecule is Cc1cccc(CN2CCN(C(=O)c3cc(=O)[nH]c4ccccc34)[C@H](C)C2=O)c1. The fourth-order valence-corrected chi connectivity index (χ4v) is 3.93. The van der Waals surface area contributed by atoms with Crippen LogP contribution < -0.4 is 5.56 Å². The highest BCUT2D eigenvalue weighted by atomic mass is 16.2. The Morgan fingerprint density at radius 1 is 1.07 bits per heavy atom. The largest absolute Gasteiger partial charge is 0.335 e. The summed E-state index contributed by atoms with van der Waals surface area (Å²) in [5, 5.41) is 0.680. The number of nitrogens with one attached hydrogen (secondary N) is 1. The van der Waals surface area contributed by atoms with E-state index in [9.17, 15) is 14.4 Å². The van der Waals surface area contributed by atoms with Crippen LogP contribution in [0.2, 0.25) is 0 Å². The third-order valence-corrected chi connectivity index (χ3v) is 5.45. The lowest BCUT2D eigenvalue weighted by Crippen LogP contribution is -2.57. The van der Waals surface area contributed by atoms with E-state index in [1.807, 2.05) is 37.3 Å². The van der Waals surface area contributed by atoms with Gasteiger partial charge in [0.25, 0.3) is 5.91 Å². The number of benzene rings is 2. The van der Waals surface area contributed by atoms with Gasteiger partial charge in [-0.3, -0.25) is 14.4 Å². The highest BCUT2D eigenvalue weighted by Crippen LogP contribution is 2.21. The minimum Gasteiger partial charge on any atom is -0.335 e. The van der Waals surface area contributed by atoms with Crippen molar-refractivity contribution in [3.05, 3.63) is 81.6 Å². The van der Waals surface area contributed by atoms with Gasteiger partial charge in [-0.25, -0.2) is 0 Å². The molecule has 2 heterocycles. The molecule has 6 nitrogen and oxygen atoms in total. The number of hydrogen-bond donors (Lipinski definition) is 1. The molecule has 0 spiro atoms. The van der Waals surface area contributed by atoms with E-state index in [1.54, 1.807) is 28.9 Å². The fraction of sp³-hybridized carbons (Fsp3) is 0.261. The van der Waals surface area contributed by atoms with Crippen LogP contribution in [0.1, 0.15) is 28.4 Å². The first kappa shape index (κ1) is 18.9. The fourth-order valence-electron chi connectivity index (χ4n) is 3.93. The van der Waals surface area contributed by atoms with Crippen LogP contribution in [0, 0.1) is 6.92 Å². The van der Waals surface area contributed by atoms with Crippen molar-refractivity contribution in [3.8, 4) is 0 Å². The van der Waals surface area contributed by atoms with Gasteiger partial charge in [0.15, 0.2) is 0 Å². The maximum atomic E-state index is 13.2. The van der Waals surface area contributed by atoms with Crippen molar-refractivity contribution >= 4 is 22.7 Å². The number of nitrogens with zero attached hydrogens (tertiary/aromatic N) is 2. The van der Waals surface area contributed by atoms with E-state index in [1.165, 1.54) is 6.07 Å². The molecule has 0 bridgehead atoms. The van der Waals surface area contributed by atoms with Crippen molar-refractivity contribution in [2.24, 2.45) is 0 Å². The van der Waals surface area contributed by atoms with Crippen molar-refractivity contribution in [3.63, 3.8) is 0 Å². The summed E-state index contributed by atoms with van der Waals surface area (Å²) < 4.78 is 0. The summed E-state index contributed by atoms with van der Waals surface area (Å²) in [6.45, 7) is 5.19. The van der Waals surface area contributed by atoms with Gasteiger partial charge in [-0.1, -0.05) is 48.0 Å². The predicted octanol–water partition coefficient (Wildman–Crippen LogP) is 2.71. The average molecular weight is 389 g/mol. The molecule has 2 aromatic carbocycles. The second kappa shape index (κ2) is 7.54. The number of fused-ring (bicyclic) bond motifs is 1. The van der Waals surface area contributed by atoms with E-state index in [0.29, 0.717) is 36.1 Å². The Labute approximate surface area is 168 Å². The van der Waals surface area contributed by atoms with Crippen molar-refractivity contribution in [2.45, 2.75) is 26.4 Å². The molecular weight excluding hydrogens is 366 g/mol. The number of amides is 2. The first-order valence-electron chi connectivity index (χ1n) is 9.71. The maximum absolute atomic E-state index is 13.2. The van der Waals surface area contributed by atoms with E-state index >= 15 is 0 Å². The van der Waals surface area contributed by atoms with Crippen LogP contribution in [-0.4, -0.2) is 45.7 Å². The molecule has 0 aliphatic carbocycles. The number of aryl methyl sites for hydroxylation is 1. The Morgan fingerprint density at radius 2 is 1.86 bits per heavy atom. The smallest absolute Gasteiger partial charge is 0.255 e. The molecule has 4 rings (SSSR count). The minimum absolute atomic E-state index is 0.0831. The zero-order valence-corrected chi connectivity index (χ0v) is 16.5. The number of carbonyl (C=O) groups is 2. The summed E-state index contributed by atoms with van der Waals surface area (Å²) in [5.74, 6) is -0.372. The summed E-state index contributed by atoms with van der Waals surface area (Å²) >= 11 is 0. The van der Waals surface area contributed by atoms with Gasteiger partial charge in [-0.05, 0) is 25.5 Å². The summed E-state index contributed by atoms with van der Waals surface area (Å²) in [6.07, 6.45) is 0. The Bertz CT molecular complexity index is 1150.